The first-order valence-corrected chi connectivity index (χ1v) is 14.5. The van der Waals surface area contributed by atoms with Crippen LogP contribution in [0.5, 0.6) is 0 Å². The van der Waals surface area contributed by atoms with Crippen LogP contribution in [0, 0.1) is 12.7 Å². The van der Waals surface area contributed by atoms with E-state index in [-0.39, 0.29) is 17.8 Å². The number of fused-ring (bicyclic) bond motifs is 3. The maximum absolute atomic E-state index is 14.2. The summed E-state index contributed by atoms with van der Waals surface area (Å²) in [7, 11) is 0. The summed E-state index contributed by atoms with van der Waals surface area (Å²) < 4.78 is 20.4. The van der Waals surface area contributed by atoms with Gasteiger partial charge in [-0.25, -0.2) is 14.0 Å². The lowest BCUT2D eigenvalue weighted by Crippen LogP contribution is -2.51. The fraction of sp³-hybridized carbons (Fsp3) is 0.273. The molecular formula is C33H31FN6O3. The van der Waals surface area contributed by atoms with Crippen LogP contribution in [0.3, 0.4) is 0 Å². The van der Waals surface area contributed by atoms with E-state index in [1.807, 2.05) is 49.5 Å². The molecule has 218 valence electrons. The van der Waals surface area contributed by atoms with Crippen molar-refractivity contribution in [2.45, 2.75) is 44.9 Å². The number of carbonyl (C=O) groups excluding carboxylic acids is 2. The van der Waals surface area contributed by atoms with Crippen molar-refractivity contribution in [2.24, 2.45) is 0 Å². The van der Waals surface area contributed by atoms with Crippen molar-refractivity contribution < 1.29 is 18.7 Å². The third-order valence-corrected chi connectivity index (χ3v) is 8.55. The number of H-pyrrole nitrogens is 1. The first-order valence-electron chi connectivity index (χ1n) is 14.5. The van der Waals surface area contributed by atoms with Crippen LogP contribution in [-0.2, 0) is 17.7 Å². The molecule has 1 unspecified atom stereocenters. The molecular weight excluding hydrogens is 547 g/mol. The molecule has 0 aliphatic carbocycles. The lowest BCUT2D eigenvalue weighted by Gasteiger charge is -2.40. The van der Waals surface area contributed by atoms with E-state index < -0.39 is 18.0 Å². The standard InChI is InChI=1S/C33H31FN6O3/c1-20-13-21(14-25-18-36-38-30(20)25)15-29(28-16-22-5-2-3-6-23(22)17-35-28)43-33(42)39-11-9-26(10-12-39)40-19-24-7-4-8-27(34)31(24)37-32(40)41/h2-8,13-14,16-18,26,29H,9-12,15,19H2,1H3,(H,36,38)(H,37,41). The Morgan fingerprint density at radius 3 is 2.70 bits per heavy atom. The average molecular weight is 579 g/mol. The predicted molar refractivity (Wildman–Crippen MR) is 161 cm³/mol. The molecule has 0 spiro atoms. The van der Waals surface area contributed by atoms with Crippen LogP contribution in [0.1, 0.15) is 41.3 Å². The number of hydrogen-bond donors (Lipinski definition) is 2. The molecule has 2 aliphatic heterocycles. The highest BCUT2D eigenvalue weighted by Gasteiger charge is 2.34. The number of para-hydroxylation sites is 1. The van der Waals surface area contributed by atoms with Crippen LogP contribution in [0.4, 0.5) is 19.7 Å². The summed E-state index contributed by atoms with van der Waals surface area (Å²) in [5.41, 5.74) is 4.75. The lowest BCUT2D eigenvalue weighted by molar-refractivity contribution is 0.0464. The molecule has 0 saturated carbocycles. The Bertz CT molecular complexity index is 1850. The van der Waals surface area contributed by atoms with Gasteiger partial charge in [0, 0.05) is 49.1 Å². The Kier molecular flexibility index (Phi) is 6.89. The highest BCUT2D eigenvalue weighted by molar-refractivity contribution is 5.92. The maximum Gasteiger partial charge on any atom is 0.410 e. The smallest absolute Gasteiger partial charge is 0.410 e. The zero-order valence-electron chi connectivity index (χ0n) is 23.7. The monoisotopic (exact) mass is 578 g/mol. The summed E-state index contributed by atoms with van der Waals surface area (Å²) >= 11 is 0. The number of aryl methyl sites for hydroxylation is 1. The maximum atomic E-state index is 14.2. The van der Waals surface area contributed by atoms with E-state index in [1.54, 1.807) is 22.1 Å². The van der Waals surface area contributed by atoms with Gasteiger partial charge in [-0.1, -0.05) is 42.5 Å². The molecule has 9 nitrogen and oxygen atoms in total. The summed E-state index contributed by atoms with van der Waals surface area (Å²) in [6.07, 6.45) is 4.26. The number of piperidine rings is 1. The van der Waals surface area contributed by atoms with Gasteiger partial charge in [-0.15, -0.1) is 0 Å². The van der Waals surface area contributed by atoms with Crippen LogP contribution < -0.4 is 5.32 Å². The van der Waals surface area contributed by atoms with E-state index in [1.165, 1.54) is 6.07 Å². The van der Waals surface area contributed by atoms with Crippen molar-refractivity contribution in [1.29, 1.82) is 0 Å². The third kappa shape index (κ3) is 5.24. The number of halogens is 1. The van der Waals surface area contributed by atoms with E-state index in [0.717, 1.165) is 38.4 Å². The number of benzene rings is 3. The van der Waals surface area contributed by atoms with E-state index in [4.69, 9.17) is 9.72 Å². The number of aromatic nitrogens is 3. The van der Waals surface area contributed by atoms with Gasteiger partial charge in [0.25, 0.3) is 0 Å². The lowest BCUT2D eigenvalue weighted by atomic mass is 10.00. The van der Waals surface area contributed by atoms with Gasteiger partial charge in [0.1, 0.15) is 11.9 Å². The molecule has 3 aromatic carbocycles. The Labute approximate surface area is 247 Å². The first kappa shape index (κ1) is 26.9. The average Bonchev–Trinajstić information content (AvgIpc) is 3.50. The number of nitrogens with zero attached hydrogens (tertiary/aromatic N) is 4. The van der Waals surface area contributed by atoms with Gasteiger partial charge < -0.3 is 19.9 Å². The summed E-state index contributed by atoms with van der Waals surface area (Å²) in [5, 5.41) is 12.9. The fourth-order valence-corrected chi connectivity index (χ4v) is 6.25. The molecule has 2 N–H and O–H groups in total. The number of likely N-dealkylation sites (tertiary alicyclic amines) is 1. The molecule has 10 heteroatoms. The molecule has 0 radical (unpaired) electrons. The largest absolute Gasteiger partial charge is 0.439 e. The number of rotatable bonds is 5. The number of aromatic amines is 1. The molecule has 2 aliphatic rings. The Morgan fingerprint density at radius 2 is 1.86 bits per heavy atom. The Morgan fingerprint density at radius 1 is 1.05 bits per heavy atom. The zero-order chi connectivity index (χ0) is 29.5. The molecule has 1 fully saturated rings. The van der Waals surface area contributed by atoms with Crippen LogP contribution in [0.15, 0.2) is 73.1 Å². The molecule has 0 bridgehead atoms. The number of urea groups is 1. The number of anilines is 1. The number of nitrogens with one attached hydrogen (secondary N) is 2. The van der Waals surface area contributed by atoms with Crippen molar-refractivity contribution >= 4 is 39.5 Å². The van der Waals surface area contributed by atoms with Crippen LogP contribution in [0.2, 0.25) is 0 Å². The number of pyridine rings is 1. The molecule has 7 rings (SSSR count). The second-order valence-corrected chi connectivity index (χ2v) is 11.3. The van der Waals surface area contributed by atoms with Gasteiger partial charge in [0.15, 0.2) is 0 Å². The van der Waals surface area contributed by atoms with E-state index >= 15 is 0 Å². The molecule has 2 aromatic heterocycles. The molecule has 43 heavy (non-hydrogen) atoms. The first-order chi connectivity index (χ1) is 20.9. The summed E-state index contributed by atoms with van der Waals surface area (Å²) in [4.78, 5) is 34.5. The number of carbonyl (C=O) groups is 2. The minimum Gasteiger partial charge on any atom is -0.439 e. The quantitative estimate of drug-likeness (QED) is 0.248. The van der Waals surface area contributed by atoms with Crippen molar-refractivity contribution in [3.63, 3.8) is 0 Å². The van der Waals surface area contributed by atoms with Crippen LogP contribution in [-0.4, -0.2) is 56.2 Å². The van der Waals surface area contributed by atoms with Crippen LogP contribution >= 0.6 is 0 Å². The molecule has 5 aromatic rings. The van der Waals surface area contributed by atoms with Gasteiger partial charge in [-0.05, 0) is 60.0 Å². The molecule has 4 heterocycles. The van der Waals surface area contributed by atoms with Gasteiger partial charge >= 0.3 is 12.1 Å². The highest BCUT2D eigenvalue weighted by Crippen LogP contribution is 2.31. The molecule has 1 saturated heterocycles. The fourth-order valence-electron chi connectivity index (χ4n) is 6.25. The van der Waals surface area contributed by atoms with Gasteiger partial charge in [-0.2, -0.15) is 5.10 Å². The normalized spacial score (nSPS) is 16.3. The summed E-state index contributed by atoms with van der Waals surface area (Å²) in [6, 6.07) is 18.5. The SMILES string of the molecule is Cc1cc(CC(OC(=O)N2CCC(N3Cc4cccc(F)c4NC3=O)CC2)c2cc3ccccc3cn2)cc2cn[nH]c12. The Balaban J connectivity index is 1.08. The van der Waals surface area contributed by atoms with Crippen molar-refractivity contribution in [3.8, 4) is 0 Å². The Hall–Kier alpha value is -4.99. The number of amides is 3. The minimum absolute atomic E-state index is 0.0666. The molecule has 3 amide bonds. The van der Waals surface area contributed by atoms with E-state index in [2.05, 4.69) is 27.6 Å². The van der Waals surface area contributed by atoms with Gasteiger partial charge in [-0.3, -0.25) is 10.1 Å². The zero-order valence-corrected chi connectivity index (χ0v) is 23.7. The minimum atomic E-state index is -0.599. The summed E-state index contributed by atoms with van der Waals surface area (Å²) in [5.74, 6) is -0.432. The van der Waals surface area contributed by atoms with Crippen molar-refractivity contribution in [2.75, 3.05) is 18.4 Å². The highest BCUT2D eigenvalue weighted by atomic mass is 19.1. The van der Waals surface area contributed by atoms with Crippen LogP contribution in [0.25, 0.3) is 21.7 Å². The number of hydrogen-bond acceptors (Lipinski definition) is 5. The van der Waals surface area contributed by atoms with Gasteiger partial charge in [0.2, 0.25) is 0 Å². The molecule has 1 atom stereocenters. The topological polar surface area (TPSA) is 103 Å². The third-order valence-electron chi connectivity index (χ3n) is 8.55. The predicted octanol–water partition coefficient (Wildman–Crippen LogP) is 6.49. The second kappa shape index (κ2) is 11.0. The van der Waals surface area contributed by atoms with E-state index in [0.29, 0.717) is 44.6 Å². The second-order valence-electron chi connectivity index (χ2n) is 11.3. The van der Waals surface area contributed by atoms with E-state index in [9.17, 15) is 14.0 Å². The summed E-state index contributed by atoms with van der Waals surface area (Å²) in [6.45, 7) is 3.26. The van der Waals surface area contributed by atoms with Crippen molar-refractivity contribution in [1.82, 2.24) is 25.0 Å². The van der Waals surface area contributed by atoms with Gasteiger partial charge in [0.05, 0.1) is 23.1 Å². The number of ether oxygens (including phenoxy) is 1. The van der Waals surface area contributed by atoms with Crippen molar-refractivity contribution in [3.05, 3.63) is 101 Å².